The molecule has 0 radical (unpaired) electrons. The van der Waals surface area contributed by atoms with Crippen LogP contribution in [0, 0.1) is 0 Å². The zero-order valence-electron chi connectivity index (χ0n) is 13.5. The Kier molecular flexibility index (Phi) is 4.34. The van der Waals surface area contributed by atoms with Gasteiger partial charge in [-0.1, -0.05) is 56.5 Å². The summed E-state index contributed by atoms with van der Waals surface area (Å²) in [5.41, 5.74) is 1.52. The van der Waals surface area contributed by atoms with Crippen molar-refractivity contribution in [2.45, 2.75) is 57.7 Å². The molecule has 1 fully saturated rings. The molecule has 0 spiro atoms. The number of rotatable bonds is 6. The summed E-state index contributed by atoms with van der Waals surface area (Å²) >= 11 is 0. The predicted octanol–water partition coefficient (Wildman–Crippen LogP) is 4.21. The smallest absolute Gasteiger partial charge is 0.252 e. The standard InChI is InChI=1S/C19H25NO2/c1-3-4-5-7-12-16-13-19(2)20(18(16)21)17(14-22-19)15-10-8-6-9-11-15/h6,8-11,13,17H,3-5,7,12,14H2,1-2H3/t17-,19-/m1/s1. The maximum absolute atomic E-state index is 12.8. The molecule has 2 heterocycles. The van der Waals surface area contributed by atoms with Gasteiger partial charge in [0.2, 0.25) is 0 Å². The lowest BCUT2D eigenvalue weighted by Crippen LogP contribution is -2.40. The second kappa shape index (κ2) is 6.25. The van der Waals surface area contributed by atoms with Crippen LogP contribution in [-0.2, 0) is 9.53 Å². The van der Waals surface area contributed by atoms with Gasteiger partial charge in [0.05, 0.1) is 12.6 Å². The SMILES string of the molecule is CCCCCCC1=C[C@@]2(C)OC[C@H](c3ccccc3)N2C1=O. The van der Waals surface area contributed by atoms with Crippen LogP contribution in [0.3, 0.4) is 0 Å². The van der Waals surface area contributed by atoms with Gasteiger partial charge in [-0.15, -0.1) is 0 Å². The van der Waals surface area contributed by atoms with E-state index in [1.54, 1.807) is 0 Å². The number of ether oxygens (including phenoxy) is 1. The van der Waals surface area contributed by atoms with Crippen molar-refractivity contribution in [3.05, 3.63) is 47.5 Å². The summed E-state index contributed by atoms with van der Waals surface area (Å²) in [6.45, 7) is 4.79. The summed E-state index contributed by atoms with van der Waals surface area (Å²) in [7, 11) is 0. The Morgan fingerprint density at radius 3 is 2.73 bits per heavy atom. The fourth-order valence-electron chi connectivity index (χ4n) is 3.54. The van der Waals surface area contributed by atoms with Crippen LogP contribution >= 0.6 is 0 Å². The number of unbranched alkanes of at least 4 members (excludes halogenated alkanes) is 3. The van der Waals surface area contributed by atoms with E-state index in [2.05, 4.69) is 19.1 Å². The second-order valence-electron chi connectivity index (χ2n) is 6.45. The van der Waals surface area contributed by atoms with Crippen molar-refractivity contribution in [3.8, 4) is 0 Å². The van der Waals surface area contributed by atoms with Crippen LogP contribution in [0.25, 0.3) is 0 Å². The fourth-order valence-corrected chi connectivity index (χ4v) is 3.54. The van der Waals surface area contributed by atoms with Gasteiger partial charge in [-0.2, -0.15) is 0 Å². The van der Waals surface area contributed by atoms with Crippen LogP contribution in [0.1, 0.15) is 57.6 Å². The average molecular weight is 299 g/mol. The maximum atomic E-state index is 12.8. The molecule has 0 aromatic heterocycles. The van der Waals surface area contributed by atoms with E-state index in [0.717, 1.165) is 24.0 Å². The Morgan fingerprint density at radius 1 is 1.23 bits per heavy atom. The minimum atomic E-state index is -0.558. The molecule has 0 aliphatic carbocycles. The molecule has 1 saturated heterocycles. The Hall–Kier alpha value is -1.61. The lowest BCUT2D eigenvalue weighted by atomic mass is 10.0. The first-order valence-corrected chi connectivity index (χ1v) is 8.40. The van der Waals surface area contributed by atoms with Crippen molar-refractivity contribution in [1.29, 1.82) is 0 Å². The molecule has 2 atom stereocenters. The summed E-state index contributed by atoms with van der Waals surface area (Å²) in [5.74, 6) is 0.158. The molecule has 3 rings (SSSR count). The molecule has 1 aromatic rings. The summed E-state index contributed by atoms with van der Waals surface area (Å²) < 4.78 is 5.99. The summed E-state index contributed by atoms with van der Waals surface area (Å²) in [4.78, 5) is 14.7. The van der Waals surface area contributed by atoms with Crippen LogP contribution < -0.4 is 0 Å². The number of hydrogen-bond donors (Lipinski definition) is 0. The largest absolute Gasteiger partial charge is 0.350 e. The number of amides is 1. The predicted molar refractivity (Wildman–Crippen MR) is 87.2 cm³/mol. The highest BCUT2D eigenvalue weighted by atomic mass is 16.5. The van der Waals surface area contributed by atoms with Crippen molar-refractivity contribution in [2.24, 2.45) is 0 Å². The molecule has 0 saturated carbocycles. The monoisotopic (exact) mass is 299 g/mol. The van der Waals surface area contributed by atoms with Gasteiger partial charge in [0.25, 0.3) is 5.91 Å². The van der Waals surface area contributed by atoms with Gasteiger partial charge in [-0.25, -0.2) is 0 Å². The van der Waals surface area contributed by atoms with E-state index in [0.29, 0.717) is 6.61 Å². The van der Waals surface area contributed by atoms with E-state index in [4.69, 9.17) is 4.74 Å². The van der Waals surface area contributed by atoms with Gasteiger partial charge in [0, 0.05) is 5.57 Å². The Morgan fingerprint density at radius 2 is 2.00 bits per heavy atom. The first-order chi connectivity index (χ1) is 10.7. The quantitative estimate of drug-likeness (QED) is 0.736. The van der Waals surface area contributed by atoms with Gasteiger partial charge in [0.1, 0.15) is 0 Å². The molecule has 0 N–H and O–H groups in total. The van der Waals surface area contributed by atoms with E-state index in [1.165, 1.54) is 19.3 Å². The van der Waals surface area contributed by atoms with E-state index in [1.807, 2.05) is 36.1 Å². The molecule has 1 aromatic carbocycles. The van der Waals surface area contributed by atoms with Crippen LogP contribution in [0.15, 0.2) is 42.0 Å². The molecule has 3 heteroatoms. The van der Waals surface area contributed by atoms with Crippen molar-refractivity contribution in [2.75, 3.05) is 6.61 Å². The number of carbonyl (C=O) groups excluding carboxylic acids is 1. The molecule has 22 heavy (non-hydrogen) atoms. The van der Waals surface area contributed by atoms with Gasteiger partial charge < -0.3 is 4.74 Å². The highest BCUT2D eigenvalue weighted by Crippen LogP contribution is 2.44. The zero-order valence-corrected chi connectivity index (χ0v) is 13.5. The first-order valence-electron chi connectivity index (χ1n) is 8.40. The van der Waals surface area contributed by atoms with E-state index >= 15 is 0 Å². The van der Waals surface area contributed by atoms with Crippen LogP contribution in [0.5, 0.6) is 0 Å². The summed E-state index contributed by atoms with van der Waals surface area (Å²) in [5, 5.41) is 0. The molecule has 1 amide bonds. The maximum Gasteiger partial charge on any atom is 0.252 e. The molecule has 118 valence electrons. The van der Waals surface area contributed by atoms with Crippen molar-refractivity contribution < 1.29 is 9.53 Å². The lowest BCUT2D eigenvalue weighted by molar-refractivity contribution is -0.135. The minimum Gasteiger partial charge on any atom is -0.350 e. The molecule has 3 nitrogen and oxygen atoms in total. The van der Waals surface area contributed by atoms with E-state index < -0.39 is 5.72 Å². The highest BCUT2D eigenvalue weighted by molar-refractivity contribution is 5.97. The third-order valence-electron chi connectivity index (χ3n) is 4.74. The molecular formula is C19H25NO2. The Labute approximate surface area is 133 Å². The summed E-state index contributed by atoms with van der Waals surface area (Å²) in [6, 6.07) is 10.2. The molecular weight excluding hydrogens is 274 g/mol. The molecule has 2 aliphatic rings. The van der Waals surface area contributed by atoms with Crippen molar-refractivity contribution >= 4 is 5.91 Å². The topological polar surface area (TPSA) is 29.5 Å². The van der Waals surface area contributed by atoms with Gasteiger partial charge in [-0.05, 0) is 31.4 Å². The number of benzene rings is 1. The second-order valence-corrected chi connectivity index (χ2v) is 6.45. The number of fused-ring (bicyclic) bond motifs is 1. The summed E-state index contributed by atoms with van der Waals surface area (Å²) in [6.07, 6.45) is 7.66. The molecule has 2 aliphatic heterocycles. The highest BCUT2D eigenvalue weighted by Gasteiger charge is 2.51. The number of hydrogen-bond acceptors (Lipinski definition) is 2. The van der Waals surface area contributed by atoms with Gasteiger partial charge in [-0.3, -0.25) is 9.69 Å². The third kappa shape index (κ3) is 2.70. The minimum absolute atomic E-state index is 0.0306. The van der Waals surface area contributed by atoms with Crippen LogP contribution in [0.4, 0.5) is 0 Å². The third-order valence-corrected chi connectivity index (χ3v) is 4.74. The first kappa shape index (κ1) is 15.3. The number of carbonyl (C=O) groups is 1. The average Bonchev–Trinajstić information content (AvgIpc) is 2.99. The molecule has 0 bridgehead atoms. The van der Waals surface area contributed by atoms with Gasteiger partial charge >= 0.3 is 0 Å². The van der Waals surface area contributed by atoms with Crippen molar-refractivity contribution in [1.82, 2.24) is 4.90 Å². The van der Waals surface area contributed by atoms with Crippen molar-refractivity contribution in [3.63, 3.8) is 0 Å². The zero-order chi connectivity index (χ0) is 15.6. The van der Waals surface area contributed by atoms with Crippen LogP contribution in [0.2, 0.25) is 0 Å². The normalized spacial score (nSPS) is 27.2. The van der Waals surface area contributed by atoms with Crippen LogP contribution in [-0.4, -0.2) is 23.1 Å². The fraction of sp³-hybridized carbons (Fsp3) is 0.526. The lowest BCUT2D eigenvalue weighted by Gasteiger charge is -2.29. The van der Waals surface area contributed by atoms with Gasteiger partial charge in [0.15, 0.2) is 5.72 Å². The Balaban J connectivity index is 1.73. The number of nitrogens with zero attached hydrogens (tertiary/aromatic N) is 1. The van der Waals surface area contributed by atoms with E-state index in [9.17, 15) is 4.79 Å². The van der Waals surface area contributed by atoms with E-state index in [-0.39, 0.29) is 11.9 Å². The molecule has 0 unspecified atom stereocenters. The Bertz CT molecular complexity index is 566.